The summed E-state index contributed by atoms with van der Waals surface area (Å²) in [4.78, 5) is 29.2. The first-order valence-corrected chi connectivity index (χ1v) is 13.3. The highest BCUT2D eigenvalue weighted by Gasteiger charge is 2.32. The Hall–Kier alpha value is -2.63. The average Bonchev–Trinajstić information content (AvgIpc) is 3.37. The van der Waals surface area contributed by atoms with Gasteiger partial charge in [0.1, 0.15) is 6.04 Å². The van der Waals surface area contributed by atoms with Crippen molar-refractivity contribution in [1.82, 2.24) is 10.2 Å². The fraction of sp³-hybridized carbons (Fsp3) is 0.310. The highest BCUT2D eigenvalue weighted by atomic mass is 79.9. The second-order valence-corrected chi connectivity index (χ2v) is 10.5. The van der Waals surface area contributed by atoms with Crippen LogP contribution in [0.1, 0.15) is 42.4 Å². The SMILES string of the molecule is O=C(NC1CCCC1)[C@@H](Cc1ccccc1)N(Cc1ccc(Br)cc1)C(=O)Cc1ccc(Cl)cc1. The van der Waals surface area contributed by atoms with Gasteiger partial charge in [-0.2, -0.15) is 0 Å². The van der Waals surface area contributed by atoms with Crippen molar-refractivity contribution >= 4 is 39.3 Å². The molecule has 1 aliphatic rings. The molecule has 3 aromatic carbocycles. The largest absolute Gasteiger partial charge is 0.352 e. The lowest BCUT2D eigenvalue weighted by Gasteiger charge is -2.32. The summed E-state index contributed by atoms with van der Waals surface area (Å²) in [7, 11) is 0. The van der Waals surface area contributed by atoms with Crippen molar-refractivity contribution in [2.45, 2.75) is 57.2 Å². The maximum absolute atomic E-state index is 13.7. The van der Waals surface area contributed by atoms with Crippen LogP contribution in [0, 0.1) is 0 Å². The molecule has 0 unspecified atom stereocenters. The maximum Gasteiger partial charge on any atom is 0.243 e. The Morgan fingerprint density at radius 3 is 2.17 bits per heavy atom. The van der Waals surface area contributed by atoms with Gasteiger partial charge in [-0.15, -0.1) is 0 Å². The van der Waals surface area contributed by atoms with E-state index in [1.165, 1.54) is 0 Å². The zero-order chi connectivity index (χ0) is 24.6. The lowest BCUT2D eigenvalue weighted by molar-refractivity contribution is -0.141. The Kier molecular flexibility index (Phi) is 9.00. The molecule has 4 nitrogen and oxygen atoms in total. The van der Waals surface area contributed by atoms with E-state index in [1.54, 1.807) is 17.0 Å². The molecule has 4 rings (SSSR count). The van der Waals surface area contributed by atoms with Gasteiger partial charge in [0.15, 0.2) is 0 Å². The summed E-state index contributed by atoms with van der Waals surface area (Å²) in [6, 6.07) is 24.7. The molecule has 1 atom stereocenters. The van der Waals surface area contributed by atoms with E-state index >= 15 is 0 Å². The van der Waals surface area contributed by atoms with Crippen LogP contribution < -0.4 is 5.32 Å². The van der Waals surface area contributed by atoms with Crippen LogP contribution in [0.3, 0.4) is 0 Å². The van der Waals surface area contributed by atoms with Crippen LogP contribution in [0.4, 0.5) is 0 Å². The van der Waals surface area contributed by atoms with Crippen LogP contribution in [-0.2, 0) is 29.0 Å². The van der Waals surface area contributed by atoms with Gasteiger partial charge >= 0.3 is 0 Å². The number of rotatable bonds is 9. The summed E-state index contributed by atoms with van der Waals surface area (Å²) in [5.74, 6) is -0.167. The van der Waals surface area contributed by atoms with E-state index in [1.807, 2.05) is 66.7 Å². The van der Waals surface area contributed by atoms with Gasteiger partial charge in [-0.05, 0) is 53.8 Å². The number of nitrogens with zero attached hydrogens (tertiary/aromatic N) is 1. The summed E-state index contributed by atoms with van der Waals surface area (Å²) in [5.41, 5.74) is 2.87. The van der Waals surface area contributed by atoms with Gasteiger partial charge in [0.2, 0.25) is 11.8 Å². The Labute approximate surface area is 220 Å². The third-order valence-corrected chi connectivity index (χ3v) is 7.29. The van der Waals surface area contributed by atoms with Crippen molar-refractivity contribution in [1.29, 1.82) is 0 Å². The van der Waals surface area contributed by atoms with E-state index in [-0.39, 0.29) is 24.3 Å². The fourth-order valence-electron chi connectivity index (χ4n) is 4.59. The molecule has 1 saturated carbocycles. The first-order chi connectivity index (χ1) is 17.0. The molecule has 0 saturated heterocycles. The summed E-state index contributed by atoms with van der Waals surface area (Å²) < 4.78 is 0.972. The predicted molar refractivity (Wildman–Crippen MR) is 144 cm³/mol. The minimum absolute atomic E-state index is 0.0812. The zero-order valence-electron chi connectivity index (χ0n) is 19.6. The quantitative estimate of drug-likeness (QED) is 0.336. The minimum Gasteiger partial charge on any atom is -0.352 e. The molecule has 6 heteroatoms. The highest BCUT2D eigenvalue weighted by molar-refractivity contribution is 9.10. The third-order valence-electron chi connectivity index (χ3n) is 6.51. The van der Waals surface area contributed by atoms with Gasteiger partial charge in [-0.25, -0.2) is 0 Å². The molecule has 1 aliphatic carbocycles. The topological polar surface area (TPSA) is 49.4 Å². The van der Waals surface area contributed by atoms with Gasteiger partial charge in [-0.1, -0.05) is 95.0 Å². The van der Waals surface area contributed by atoms with Crippen LogP contribution >= 0.6 is 27.5 Å². The second-order valence-electron chi connectivity index (χ2n) is 9.15. The predicted octanol–water partition coefficient (Wildman–Crippen LogP) is 6.34. The number of carbonyl (C=O) groups excluding carboxylic acids is 2. The van der Waals surface area contributed by atoms with Crippen LogP contribution in [0.2, 0.25) is 5.02 Å². The minimum atomic E-state index is -0.610. The monoisotopic (exact) mass is 552 g/mol. The number of hydrogen-bond acceptors (Lipinski definition) is 2. The summed E-state index contributed by atoms with van der Waals surface area (Å²) in [6.07, 6.45) is 4.92. The van der Waals surface area contributed by atoms with Gasteiger partial charge < -0.3 is 10.2 Å². The van der Waals surface area contributed by atoms with Gasteiger partial charge in [0, 0.05) is 28.5 Å². The summed E-state index contributed by atoms with van der Waals surface area (Å²) in [6.45, 7) is 0.356. The molecule has 3 aromatic rings. The third kappa shape index (κ3) is 7.42. The molecule has 1 fully saturated rings. The van der Waals surface area contributed by atoms with Crippen molar-refractivity contribution in [3.63, 3.8) is 0 Å². The number of carbonyl (C=O) groups is 2. The molecule has 35 heavy (non-hydrogen) atoms. The van der Waals surface area contributed by atoms with Crippen molar-refractivity contribution in [2.24, 2.45) is 0 Å². The average molecular weight is 554 g/mol. The molecule has 0 spiro atoms. The number of benzene rings is 3. The second kappa shape index (κ2) is 12.4. The van der Waals surface area contributed by atoms with E-state index in [4.69, 9.17) is 11.6 Å². The van der Waals surface area contributed by atoms with Gasteiger partial charge in [0.25, 0.3) is 0 Å². The number of halogens is 2. The van der Waals surface area contributed by atoms with E-state index in [9.17, 15) is 9.59 Å². The van der Waals surface area contributed by atoms with E-state index in [2.05, 4.69) is 21.2 Å². The maximum atomic E-state index is 13.7. The molecule has 0 heterocycles. The Bertz CT molecular complexity index is 1110. The fourth-order valence-corrected chi connectivity index (χ4v) is 4.98. The van der Waals surface area contributed by atoms with Crippen molar-refractivity contribution < 1.29 is 9.59 Å². The zero-order valence-corrected chi connectivity index (χ0v) is 22.0. The van der Waals surface area contributed by atoms with Gasteiger partial charge in [-0.3, -0.25) is 9.59 Å². The van der Waals surface area contributed by atoms with E-state index < -0.39 is 6.04 Å². The smallest absolute Gasteiger partial charge is 0.243 e. The molecule has 0 radical (unpaired) electrons. The Morgan fingerprint density at radius 1 is 0.886 bits per heavy atom. The molecular weight excluding hydrogens is 524 g/mol. The Morgan fingerprint density at radius 2 is 1.51 bits per heavy atom. The van der Waals surface area contributed by atoms with Crippen LogP contribution in [0.25, 0.3) is 0 Å². The van der Waals surface area contributed by atoms with Gasteiger partial charge in [0.05, 0.1) is 6.42 Å². The summed E-state index contributed by atoms with van der Waals surface area (Å²) in [5, 5.41) is 3.87. The number of nitrogens with one attached hydrogen (secondary N) is 1. The lowest BCUT2D eigenvalue weighted by Crippen LogP contribution is -2.52. The van der Waals surface area contributed by atoms with Crippen molar-refractivity contribution in [3.8, 4) is 0 Å². The Balaban J connectivity index is 1.64. The molecule has 0 bridgehead atoms. The molecule has 1 N–H and O–H groups in total. The number of amides is 2. The molecule has 0 aromatic heterocycles. The molecule has 2 amide bonds. The van der Waals surface area contributed by atoms with Crippen LogP contribution in [0.15, 0.2) is 83.3 Å². The molecular formula is C29H30BrClN2O2. The molecule has 182 valence electrons. The first-order valence-electron chi connectivity index (χ1n) is 12.1. The standard InChI is InChI=1S/C29H30BrClN2O2/c30-24-14-10-23(11-15-24)20-33(28(34)19-22-12-16-25(31)17-13-22)27(18-21-6-2-1-3-7-21)29(35)32-26-8-4-5-9-26/h1-3,6-7,10-17,26-27H,4-5,8-9,18-20H2,(H,32,35)/t27-/m1/s1. The molecule has 0 aliphatic heterocycles. The summed E-state index contributed by atoms with van der Waals surface area (Å²) >= 11 is 9.52. The normalized spacial score (nSPS) is 14.5. The van der Waals surface area contributed by atoms with Crippen molar-refractivity contribution in [2.75, 3.05) is 0 Å². The highest BCUT2D eigenvalue weighted by Crippen LogP contribution is 2.21. The first kappa shape index (κ1) is 25.5. The lowest BCUT2D eigenvalue weighted by atomic mass is 10.0. The van der Waals surface area contributed by atoms with Crippen molar-refractivity contribution in [3.05, 3.63) is 105 Å². The van der Waals surface area contributed by atoms with E-state index in [0.717, 1.165) is 46.8 Å². The van der Waals surface area contributed by atoms with Crippen LogP contribution in [-0.4, -0.2) is 28.8 Å². The number of hydrogen-bond donors (Lipinski definition) is 1. The van der Waals surface area contributed by atoms with E-state index in [0.29, 0.717) is 18.0 Å². The van der Waals surface area contributed by atoms with Crippen LogP contribution in [0.5, 0.6) is 0 Å².